The Morgan fingerprint density at radius 1 is 1.00 bits per heavy atom. The first-order valence-electron chi connectivity index (χ1n) is 6.29. The quantitative estimate of drug-likeness (QED) is 0.768. The second kappa shape index (κ2) is 5.75. The molecule has 0 fully saturated rings. The van der Waals surface area contributed by atoms with Crippen LogP contribution in [0.1, 0.15) is 5.69 Å². The van der Waals surface area contributed by atoms with Gasteiger partial charge in [-0.15, -0.1) is 11.3 Å². The highest BCUT2D eigenvalue weighted by Crippen LogP contribution is 2.37. The monoisotopic (exact) mass is 300 g/mol. The smallest absolute Gasteiger partial charge is 0.125 e. The van der Waals surface area contributed by atoms with Gasteiger partial charge >= 0.3 is 0 Å². The maximum Gasteiger partial charge on any atom is 0.125 e. The van der Waals surface area contributed by atoms with Crippen LogP contribution in [-0.4, -0.2) is 4.98 Å². The SMILES string of the molecule is NCc1nc(-c2ccccc2Cl)sc1-c1ccccc1. The Balaban J connectivity index is 2.13. The lowest BCUT2D eigenvalue weighted by Gasteiger charge is -1.98. The number of hydrogen-bond acceptors (Lipinski definition) is 3. The molecule has 0 atom stereocenters. The maximum absolute atomic E-state index is 6.24. The molecule has 0 radical (unpaired) electrons. The van der Waals surface area contributed by atoms with Gasteiger partial charge in [-0.1, -0.05) is 60.1 Å². The number of aromatic nitrogens is 1. The molecule has 2 nitrogen and oxygen atoms in total. The average molecular weight is 301 g/mol. The summed E-state index contributed by atoms with van der Waals surface area (Å²) < 4.78 is 0. The highest BCUT2D eigenvalue weighted by atomic mass is 35.5. The normalized spacial score (nSPS) is 10.7. The Morgan fingerprint density at radius 3 is 2.40 bits per heavy atom. The summed E-state index contributed by atoms with van der Waals surface area (Å²) in [5.41, 5.74) is 8.84. The third-order valence-electron chi connectivity index (χ3n) is 3.03. The van der Waals surface area contributed by atoms with Crippen molar-refractivity contribution in [2.75, 3.05) is 0 Å². The van der Waals surface area contributed by atoms with Crippen molar-refractivity contribution in [3.8, 4) is 21.0 Å². The van der Waals surface area contributed by atoms with Crippen LogP contribution in [-0.2, 0) is 6.54 Å². The molecule has 3 aromatic rings. The van der Waals surface area contributed by atoms with Crippen molar-refractivity contribution < 1.29 is 0 Å². The van der Waals surface area contributed by atoms with Crippen molar-refractivity contribution in [1.29, 1.82) is 0 Å². The van der Waals surface area contributed by atoms with Gasteiger partial charge in [-0.3, -0.25) is 0 Å². The standard InChI is InChI=1S/C16H13ClN2S/c17-13-9-5-4-8-12(13)16-19-14(10-18)15(20-16)11-6-2-1-3-7-11/h1-9H,10,18H2. The van der Waals surface area contributed by atoms with Crippen LogP contribution in [0.3, 0.4) is 0 Å². The third kappa shape index (κ3) is 2.48. The van der Waals surface area contributed by atoms with Crippen molar-refractivity contribution in [1.82, 2.24) is 4.98 Å². The van der Waals surface area contributed by atoms with Crippen LogP contribution in [0.4, 0.5) is 0 Å². The zero-order valence-electron chi connectivity index (χ0n) is 10.7. The largest absolute Gasteiger partial charge is 0.325 e. The number of thiazole rings is 1. The van der Waals surface area contributed by atoms with E-state index in [-0.39, 0.29) is 0 Å². The predicted octanol–water partition coefficient (Wildman–Crippen LogP) is 4.59. The first-order chi connectivity index (χ1) is 9.79. The molecule has 1 aromatic heterocycles. The van der Waals surface area contributed by atoms with E-state index in [1.165, 1.54) is 0 Å². The van der Waals surface area contributed by atoms with Crippen LogP contribution in [0.2, 0.25) is 5.02 Å². The molecule has 0 spiro atoms. The number of rotatable bonds is 3. The van der Waals surface area contributed by atoms with Gasteiger partial charge in [-0.2, -0.15) is 0 Å². The van der Waals surface area contributed by atoms with Gasteiger partial charge in [0.1, 0.15) is 5.01 Å². The molecule has 100 valence electrons. The van der Waals surface area contributed by atoms with Crippen molar-refractivity contribution in [3.63, 3.8) is 0 Å². The summed E-state index contributed by atoms with van der Waals surface area (Å²) in [5.74, 6) is 0. The van der Waals surface area contributed by atoms with E-state index in [1.807, 2.05) is 42.5 Å². The lowest BCUT2D eigenvalue weighted by Crippen LogP contribution is -1.98. The molecule has 0 aliphatic carbocycles. The van der Waals surface area contributed by atoms with E-state index >= 15 is 0 Å². The van der Waals surface area contributed by atoms with Crippen LogP contribution < -0.4 is 5.73 Å². The number of hydrogen-bond donors (Lipinski definition) is 1. The first kappa shape index (κ1) is 13.3. The maximum atomic E-state index is 6.24. The topological polar surface area (TPSA) is 38.9 Å². The molecule has 2 N–H and O–H groups in total. The summed E-state index contributed by atoms with van der Waals surface area (Å²) >= 11 is 7.87. The molecular weight excluding hydrogens is 288 g/mol. The second-order valence-corrected chi connectivity index (χ2v) is 5.75. The van der Waals surface area contributed by atoms with Gasteiger partial charge < -0.3 is 5.73 Å². The fourth-order valence-electron chi connectivity index (χ4n) is 2.06. The van der Waals surface area contributed by atoms with Crippen molar-refractivity contribution in [2.45, 2.75) is 6.54 Å². The molecule has 0 amide bonds. The number of nitrogens with zero attached hydrogens (tertiary/aromatic N) is 1. The molecule has 0 aliphatic heterocycles. The molecule has 0 saturated carbocycles. The van der Waals surface area contributed by atoms with Gasteiger partial charge in [0.25, 0.3) is 0 Å². The van der Waals surface area contributed by atoms with E-state index in [0.717, 1.165) is 26.7 Å². The molecule has 1 heterocycles. The lowest BCUT2D eigenvalue weighted by atomic mass is 10.1. The van der Waals surface area contributed by atoms with Crippen LogP contribution in [0.5, 0.6) is 0 Å². The molecule has 4 heteroatoms. The van der Waals surface area contributed by atoms with Crippen molar-refractivity contribution in [2.24, 2.45) is 5.73 Å². The van der Waals surface area contributed by atoms with Crippen LogP contribution >= 0.6 is 22.9 Å². The van der Waals surface area contributed by atoms with E-state index in [1.54, 1.807) is 11.3 Å². The molecule has 0 unspecified atom stereocenters. The average Bonchev–Trinajstić information content (AvgIpc) is 2.92. The van der Waals surface area contributed by atoms with Gasteiger partial charge in [-0.05, 0) is 11.6 Å². The van der Waals surface area contributed by atoms with E-state index < -0.39 is 0 Å². The van der Waals surface area contributed by atoms with Gasteiger partial charge in [0.05, 0.1) is 15.6 Å². The molecule has 0 saturated heterocycles. The third-order valence-corrected chi connectivity index (χ3v) is 4.54. The predicted molar refractivity (Wildman–Crippen MR) is 85.9 cm³/mol. The molecule has 2 aromatic carbocycles. The first-order valence-corrected chi connectivity index (χ1v) is 7.49. The Hall–Kier alpha value is -1.68. The summed E-state index contributed by atoms with van der Waals surface area (Å²) in [6, 6.07) is 17.9. The van der Waals surface area contributed by atoms with Gasteiger partial charge in [0.2, 0.25) is 0 Å². The number of halogens is 1. The highest BCUT2D eigenvalue weighted by Gasteiger charge is 2.14. The number of nitrogens with two attached hydrogens (primary N) is 1. The van der Waals surface area contributed by atoms with Crippen molar-refractivity contribution >= 4 is 22.9 Å². The Labute approximate surface area is 126 Å². The van der Waals surface area contributed by atoms with E-state index in [0.29, 0.717) is 11.6 Å². The summed E-state index contributed by atoms with van der Waals surface area (Å²) in [6.07, 6.45) is 0. The van der Waals surface area contributed by atoms with E-state index in [2.05, 4.69) is 17.1 Å². The van der Waals surface area contributed by atoms with Crippen LogP contribution in [0.25, 0.3) is 21.0 Å². The molecule has 3 rings (SSSR count). The molecule has 0 aliphatic rings. The van der Waals surface area contributed by atoms with Gasteiger partial charge in [0, 0.05) is 12.1 Å². The summed E-state index contributed by atoms with van der Waals surface area (Å²) in [4.78, 5) is 5.76. The molecule has 0 bridgehead atoms. The fraction of sp³-hybridized carbons (Fsp3) is 0.0625. The molecule has 20 heavy (non-hydrogen) atoms. The Bertz CT molecular complexity index is 722. The van der Waals surface area contributed by atoms with E-state index in [4.69, 9.17) is 17.3 Å². The van der Waals surface area contributed by atoms with Gasteiger partial charge in [-0.25, -0.2) is 4.98 Å². The van der Waals surface area contributed by atoms with Gasteiger partial charge in [0.15, 0.2) is 0 Å². The van der Waals surface area contributed by atoms with Crippen LogP contribution in [0.15, 0.2) is 54.6 Å². The van der Waals surface area contributed by atoms with E-state index in [9.17, 15) is 0 Å². The second-order valence-electron chi connectivity index (χ2n) is 4.34. The fourth-order valence-corrected chi connectivity index (χ4v) is 3.47. The Morgan fingerprint density at radius 2 is 1.70 bits per heavy atom. The summed E-state index contributed by atoms with van der Waals surface area (Å²) in [7, 11) is 0. The minimum atomic E-state index is 0.422. The zero-order chi connectivity index (χ0) is 13.9. The van der Waals surface area contributed by atoms with Crippen molar-refractivity contribution in [3.05, 3.63) is 65.3 Å². The summed E-state index contributed by atoms with van der Waals surface area (Å²) in [5, 5.41) is 1.62. The minimum absolute atomic E-state index is 0.422. The molecular formula is C16H13ClN2S. The van der Waals surface area contributed by atoms with Crippen LogP contribution in [0, 0.1) is 0 Å². The highest BCUT2D eigenvalue weighted by molar-refractivity contribution is 7.18. The minimum Gasteiger partial charge on any atom is -0.325 e. The number of benzene rings is 2. The zero-order valence-corrected chi connectivity index (χ0v) is 12.3. The lowest BCUT2D eigenvalue weighted by molar-refractivity contribution is 1.02. The Kier molecular flexibility index (Phi) is 3.83. The summed E-state index contributed by atoms with van der Waals surface area (Å²) in [6.45, 7) is 0.422.